The molecule has 3 N–H and O–H groups in total. The number of pyridine rings is 1. The number of anilines is 1. The summed E-state index contributed by atoms with van der Waals surface area (Å²) in [5.74, 6) is 0.899. The van der Waals surface area contributed by atoms with Crippen LogP contribution in [-0.2, 0) is 5.75 Å². The number of rotatable bonds is 3. The third-order valence-corrected chi connectivity index (χ3v) is 4.73. The van der Waals surface area contributed by atoms with Crippen molar-refractivity contribution in [1.82, 2.24) is 4.98 Å². The topological polar surface area (TPSA) is 53.0 Å². The molecule has 0 unspecified atom stereocenters. The van der Waals surface area contributed by atoms with Gasteiger partial charge in [0.2, 0.25) is 0 Å². The Labute approximate surface area is 113 Å². The maximum Gasteiger partial charge on any atom is 0.190 e. The Kier molecular flexibility index (Phi) is 3.17. The lowest BCUT2D eigenvalue weighted by Gasteiger charge is -1.91. The second-order valence-electron chi connectivity index (χ2n) is 3.88. The van der Waals surface area contributed by atoms with Gasteiger partial charge in [0.25, 0.3) is 0 Å². The van der Waals surface area contributed by atoms with Crippen molar-refractivity contribution in [2.75, 3.05) is 5.73 Å². The van der Waals surface area contributed by atoms with Gasteiger partial charge in [0, 0.05) is 17.8 Å². The standard InChI is InChI=1S/C13H11N3S2/c14-9-4-5-11-12(7-9)18-13(16-11)17-8-10-3-1-2-6-15-10/h1-7H,8,14H2/p+1. The maximum atomic E-state index is 5.77. The summed E-state index contributed by atoms with van der Waals surface area (Å²) in [6, 6.07) is 11.9. The van der Waals surface area contributed by atoms with Crippen molar-refractivity contribution < 1.29 is 4.98 Å². The van der Waals surface area contributed by atoms with Gasteiger partial charge in [0.05, 0.1) is 16.0 Å². The summed E-state index contributed by atoms with van der Waals surface area (Å²) in [4.78, 5) is 7.80. The summed E-state index contributed by atoms with van der Waals surface area (Å²) < 4.78 is 2.22. The number of thioether (sulfide) groups is 1. The van der Waals surface area contributed by atoms with Crippen molar-refractivity contribution in [3.05, 3.63) is 48.3 Å². The zero-order valence-electron chi connectivity index (χ0n) is 9.59. The molecule has 0 aliphatic heterocycles. The first-order chi connectivity index (χ1) is 8.81. The quantitative estimate of drug-likeness (QED) is 0.590. The smallest absolute Gasteiger partial charge is 0.190 e. The van der Waals surface area contributed by atoms with Gasteiger partial charge in [-0.1, -0.05) is 17.8 Å². The van der Waals surface area contributed by atoms with Gasteiger partial charge in [-0.2, -0.15) is 0 Å². The first kappa shape index (κ1) is 11.5. The normalized spacial score (nSPS) is 10.9. The zero-order valence-corrected chi connectivity index (χ0v) is 11.2. The Morgan fingerprint density at radius 1 is 1.28 bits per heavy atom. The molecule has 0 saturated heterocycles. The van der Waals surface area contributed by atoms with E-state index in [1.807, 2.05) is 36.5 Å². The molecular weight excluding hydrogens is 262 g/mol. The molecule has 0 atom stereocenters. The van der Waals surface area contributed by atoms with Crippen LogP contribution in [-0.4, -0.2) is 4.98 Å². The van der Waals surface area contributed by atoms with Gasteiger partial charge in [0.15, 0.2) is 16.2 Å². The number of nitrogen functional groups attached to an aromatic ring is 1. The van der Waals surface area contributed by atoms with Crippen molar-refractivity contribution in [1.29, 1.82) is 0 Å². The minimum absolute atomic E-state index is 0.791. The number of H-pyrrole nitrogens is 1. The van der Waals surface area contributed by atoms with Gasteiger partial charge in [-0.25, -0.2) is 9.97 Å². The highest BCUT2D eigenvalue weighted by molar-refractivity contribution is 8.00. The number of aromatic nitrogens is 2. The second kappa shape index (κ2) is 4.96. The van der Waals surface area contributed by atoms with Crippen LogP contribution in [0, 0.1) is 0 Å². The lowest BCUT2D eigenvalue weighted by molar-refractivity contribution is -0.388. The fourth-order valence-electron chi connectivity index (χ4n) is 1.64. The molecule has 2 heterocycles. The predicted molar refractivity (Wildman–Crippen MR) is 76.6 cm³/mol. The molecule has 3 nitrogen and oxygen atoms in total. The summed E-state index contributed by atoms with van der Waals surface area (Å²) in [6.07, 6.45) is 1.94. The van der Waals surface area contributed by atoms with E-state index < -0.39 is 0 Å². The number of nitrogens with one attached hydrogen (secondary N) is 1. The zero-order chi connectivity index (χ0) is 12.4. The Hall–Kier alpha value is -1.59. The van der Waals surface area contributed by atoms with Gasteiger partial charge in [-0.15, -0.1) is 11.3 Å². The molecule has 18 heavy (non-hydrogen) atoms. The van der Waals surface area contributed by atoms with E-state index >= 15 is 0 Å². The molecule has 0 aliphatic rings. The minimum atomic E-state index is 0.791. The van der Waals surface area contributed by atoms with Crippen molar-refractivity contribution in [2.24, 2.45) is 0 Å². The van der Waals surface area contributed by atoms with E-state index in [4.69, 9.17) is 5.73 Å². The maximum absolute atomic E-state index is 5.77. The molecular formula is C13H12N3S2+. The Bertz CT molecular complexity index is 664. The van der Waals surface area contributed by atoms with Crippen LogP contribution in [0.15, 0.2) is 46.9 Å². The molecule has 90 valence electrons. The van der Waals surface area contributed by atoms with Crippen LogP contribution >= 0.6 is 23.1 Å². The third-order valence-electron chi connectivity index (χ3n) is 2.52. The minimum Gasteiger partial charge on any atom is -0.399 e. The molecule has 0 radical (unpaired) electrons. The number of nitrogens with zero attached hydrogens (tertiary/aromatic N) is 1. The molecule has 0 amide bonds. The second-order valence-corrected chi connectivity index (χ2v) is 6.14. The number of fused-ring (bicyclic) bond motifs is 1. The van der Waals surface area contributed by atoms with E-state index in [9.17, 15) is 0 Å². The monoisotopic (exact) mass is 274 g/mol. The van der Waals surface area contributed by atoms with Crippen LogP contribution in [0.2, 0.25) is 0 Å². The molecule has 0 aliphatic carbocycles. The molecule has 0 fully saturated rings. The molecule has 0 bridgehead atoms. The van der Waals surface area contributed by atoms with E-state index in [2.05, 4.69) is 16.0 Å². The summed E-state index contributed by atoms with van der Waals surface area (Å²) in [7, 11) is 0. The molecule has 0 saturated carbocycles. The number of hydrogen-bond acceptors (Lipinski definition) is 4. The highest BCUT2D eigenvalue weighted by Gasteiger charge is 2.07. The number of nitrogens with two attached hydrogens (primary N) is 1. The van der Waals surface area contributed by atoms with Crippen molar-refractivity contribution in [3.63, 3.8) is 0 Å². The van der Waals surface area contributed by atoms with E-state index in [0.717, 1.165) is 26.0 Å². The van der Waals surface area contributed by atoms with Crippen molar-refractivity contribution in [3.8, 4) is 0 Å². The van der Waals surface area contributed by atoms with Crippen molar-refractivity contribution >= 4 is 39.0 Å². The molecule has 0 spiro atoms. The van der Waals surface area contributed by atoms with Crippen LogP contribution in [0.4, 0.5) is 5.69 Å². The van der Waals surface area contributed by atoms with Gasteiger partial charge >= 0.3 is 0 Å². The highest BCUT2D eigenvalue weighted by Crippen LogP contribution is 2.31. The van der Waals surface area contributed by atoms with Gasteiger partial charge in [-0.3, -0.25) is 0 Å². The number of benzene rings is 1. The summed E-state index contributed by atoms with van der Waals surface area (Å²) >= 11 is 3.43. The van der Waals surface area contributed by atoms with Crippen LogP contribution in [0.5, 0.6) is 0 Å². The summed E-state index contributed by atoms with van der Waals surface area (Å²) in [5, 5.41) is 0. The average molecular weight is 274 g/mol. The average Bonchev–Trinajstić information content (AvgIpc) is 2.79. The van der Waals surface area contributed by atoms with E-state index in [0.29, 0.717) is 0 Å². The molecule has 3 aromatic rings. The number of hydrogen-bond donors (Lipinski definition) is 1. The van der Waals surface area contributed by atoms with Crippen LogP contribution in [0.1, 0.15) is 5.69 Å². The first-order valence-corrected chi connectivity index (χ1v) is 7.36. The van der Waals surface area contributed by atoms with Crippen LogP contribution in [0.25, 0.3) is 10.2 Å². The largest absolute Gasteiger partial charge is 0.399 e. The fraction of sp³-hybridized carbons (Fsp3) is 0.0769. The Balaban J connectivity index is 1.79. The molecule has 5 heteroatoms. The third kappa shape index (κ3) is 2.47. The Morgan fingerprint density at radius 2 is 2.22 bits per heavy atom. The van der Waals surface area contributed by atoms with E-state index in [-0.39, 0.29) is 0 Å². The van der Waals surface area contributed by atoms with Gasteiger partial charge in [0.1, 0.15) is 0 Å². The van der Waals surface area contributed by atoms with Gasteiger partial charge in [-0.05, 0) is 18.2 Å². The first-order valence-electron chi connectivity index (χ1n) is 5.56. The number of aromatic amines is 1. The van der Waals surface area contributed by atoms with Crippen LogP contribution < -0.4 is 10.7 Å². The lowest BCUT2D eigenvalue weighted by Crippen LogP contribution is -2.07. The SMILES string of the molecule is Nc1ccc2nc(SCc3cccc[nH+]3)sc2c1. The van der Waals surface area contributed by atoms with E-state index in [1.54, 1.807) is 23.1 Å². The van der Waals surface area contributed by atoms with Crippen molar-refractivity contribution in [2.45, 2.75) is 10.1 Å². The summed E-state index contributed by atoms with van der Waals surface area (Å²) in [6.45, 7) is 0. The van der Waals surface area contributed by atoms with Gasteiger partial charge < -0.3 is 5.73 Å². The molecule has 2 aromatic heterocycles. The molecule has 3 rings (SSSR count). The predicted octanol–water partition coefficient (Wildman–Crippen LogP) is 2.98. The Morgan fingerprint density at radius 3 is 3.06 bits per heavy atom. The highest BCUT2D eigenvalue weighted by atomic mass is 32.2. The fourth-order valence-corrected chi connectivity index (χ4v) is 3.69. The lowest BCUT2D eigenvalue weighted by atomic mass is 10.3. The summed E-state index contributed by atoms with van der Waals surface area (Å²) in [5.41, 5.74) is 8.77. The van der Waals surface area contributed by atoms with E-state index in [1.165, 1.54) is 5.69 Å². The van der Waals surface area contributed by atoms with Crippen LogP contribution in [0.3, 0.4) is 0 Å². The molecule has 1 aromatic carbocycles. The number of thiazole rings is 1.